The third-order valence-corrected chi connectivity index (χ3v) is 14.2. The van der Waals surface area contributed by atoms with Gasteiger partial charge in [-0.1, -0.05) is 6.92 Å². The van der Waals surface area contributed by atoms with Crippen molar-refractivity contribution < 1.29 is 36.3 Å². The van der Waals surface area contributed by atoms with Crippen molar-refractivity contribution in [3.05, 3.63) is 65.9 Å². The first-order valence-electron chi connectivity index (χ1n) is 20.5. The fraction of sp³-hybridized carbons (Fsp3) is 0.429. The van der Waals surface area contributed by atoms with Crippen LogP contribution in [0.1, 0.15) is 44.6 Å². The Labute approximate surface area is 356 Å². The van der Waals surface area contributed by atoms with Crippen LogP contribution in [-0.2, 0) is 22.1 Å². The predicted octanol–water partition coefficient (Wildman–Crippen LogP) is 5.27. The summed E-state index contributed by atoms with van der Waals surface area (Å²) < 4.78 is 72.8. The predicted molar refractivity (Wildman–Crippen MR) is 225 cm³/mol. The standard InChI is InChI=1S/C42H45F2N11O6S/c1-4-51(2)62(58,59)50-32-8-6-30(43)39(29(32)20-45)61-27-5-7-33-34(15-27)47-38(21-46-33)60-22-25-9-12-53(13-10-25)26-18-42(19-26)23-54(24-42)36-17-35-28(16-31(36)44)40(49-52(35)3)55-14-11-37(56)48-41(55)57/h5-8,15-17,21,25-26,50H,4,9-14,18-19,22-24H2,1-3H3,(H,48,56,57). The summed E-state index contributed by atoms with van der Waals surface area (Å²) in [6.45, 7) is 5.98. The maximum Gasteiger partial charge on any atom is 0.329 e. The van der Waals surface area contributed by atoms with Crippen LogP contribution in [0, 0.1) is 34.3 Å². The van der Waals surface area contributed by atoms with E-state index in [0.29, 0.717) is 57.9 Å². The van der Waals surface area contributed by atoms with Crippen LogP contribution >= 0.6 is 0 Å². The van der Waals surface area contributed by atoms with E-state index in [9.17, 15) is 23.3 Å². The topological polar surface area (TPSA) is 191 Å². The number of carbonyl (C=O) groups is 2. The van der Waals surface area contributed by atoms with Crippen LogP contribution in [0.4, 0.5) is 30.8 Å². The van der Waals surface area contributed by atoms with E-state index in [1.165, 1.54) is 24.1 Å². The van der Waals surface area contributed by atoms with E-state index >= 15 is 8.78 Å². The van der Waals surface area contributed by atoms with Gasteiger partial charge in [0.15, 0.2) is 17.4 Å². The fourth-order valence-electron chi connectivity index (χ4n) is 9.00. The third kappa shape index (κ3) is 7.68. The molecule has 0 atom stereocenters. The van der Waals surface area contributed by atoms with E-state index in [4.69, 9.17) is 9.47 Å². The molecule has 324 valence electrons. The molecule has 3 saturated heterocycles. The largest absolute Gasteiger partial charge is 0.476 e. The number of halogens is 2. The number of piperidine rings is 1. The van der Waals surface area contributed by atoms with Crippen LogP contribution in [0.25, 0.3) is 21.9 Å². The molecular weight excluding hydrogens is 825 g/mol. The van der Waals surface area contributed by atoms with Crippen molar-refractivity contribution in [3.8, 4) is 23.4 Å². The highest BCUT2D eigenvalue weighted by molar-refractivity contribution is 7.90. The van der Waals surface area contributed by atoms with Gasteiger partial charge in [-0.25, -0.2) is 23.5 Å². The minimum absolute atomic E-state index is 0.118. The molecule has 62 heavy (non-hydrogen) atoms. The molecule has 0 bridgehead atoms. The zero-order chi connectivity index (χ0) is 43.5. The molecule has 0 unspecified atom stereocenters. The molecule has 2 N–H and O–H groups in total. The number of benzene rings is 3. The molecule has 0 radical (unpaired) electrons. The van der Waals surface area contributed by atoms with Crippen LogP contribution < -0.4 is 29.3 Å². The van der Waals surface area contributed by atoms with Crippen LogP contribution in [0.2, 0.25) is 0 Å². The Balaban J connectivity index is 0.765. The lowest BCUT2D eigenvalue weighted by Gasteiger charge is -2.62. The summed E-state index contributed by atoms with van der Waals surface area (Å²) in [5.74, 6) is -0.802. The number of aryl methyl sites for hydroxylation is 1. The molecule has 4 aliphatic rings. The molecule has 1 aliphatic carbocycles. The number of rotatable bonds is 12. The summed E-state index contributed by atoms with van der Waals surface area (Å²) >= 11 is 0. The number of anilines is 3. The molecule has 1 spiro atoms. The second-order valence-electron chi connectivity index (χ2n) is 16.6. The highest BCUT2D eigenvalue weighted by Gasteiger charge is 2.54. The first-order valence-corrected chi connectivity index (χ1v) is 22.0. The fourth-order valence-corrected chi connectivity index (χ4v) is 9.94. The normalized spacial score (nSPS) is 18.5. The van der Waals surface area contributed by atoms with Gasteiger partial charge in [-0.2, -0.15) is 23.1 Å². The molecule has 4 fully saturated rings. The molecule has 2 aromatic heterocycles. The van der Waals surface area contributed by atoms with Gasteiger partial charge in [0.2, 0.25) is 11.8 Å². The number of nitrogens with zero attached hydrogens (tertiary/aromatic N) is 9. The second-order valence-corrected chi connectivity index (χ2v) is 18.4. The zero-order valence-corrected chi connectivity index (χ0v) is 35.2. The van der Waals surface area contributed by atoms with Gasteiger partial charge in [0.25, 0.3) is 0 Å². The molecule has 5 heterocycles. The number of ether oxygens (including phenoxy) is 2. The quantitative estimate of drug-likeness (QED) is 0.165. The molecule has 9 rings (SSSR count). The summed E-state index contributed by atoms with van der Waals surface area (Å²) in [6, 6.07) is 12.0. The lowest BCUT2D eigenvalue weighted by molar-refractivity contribution is -0.120. The number of amides is 3. The van der Waals surface area contributed by atoms with Gasteiger partial charge in [-0.05, 0) is 81.1 Å². The lowest BCUT2D eigenvalue weighted by atomic mass is 9.60. The smallest absolute Gasteiger partial charge is 0.329 e. The Kier molecular flexibility index (Phi) is 10.6. The minimum Gasteiger partial charge on any atom is -0.476 e. The van der Waals surface area contributed by atoms with Crippen LogP contribution in [0.3, 0.4) is 0 Å². The summed E-state index contributed by atoms with van der Waals surface area (Å²) in [6.07, 6.45) is 5.79. The Bertz CT molecular complexity index is 2760. The summed E-state index contributed by atoms with van der Waals surface area (Å²) in [5.41, 5.74) is 1.97. The van der Waals surface area contributed by atoms with Gasteiger partial charge in [0, 0.05) is 69.6 Å². The van der Waals surface area contributed by atoms with E-state index in [0.717, 1.165) is 62.2 Å². The average molecular weight is 870 g/mol. The summed E-state index contributed by atoms with van der Waals surface area (Å²) in [4.78, 5) is 39.2. The van der Waals surface area contributed by atoms with Crippen molar-refractivity contribution in [2.75, 3.05) is 67.4 Å². The van der Waals surface area contributed by atoms with Gasteiger partial charge in [0.1, 0.15) is 23.2 Å². The van der Waals surface area contributed by atoms with Gasteiger partial charge in [0.05, 0.1) is 40.7 Å². The Morgan fingerprint density at radius 1 is 1.05 bits per heavy atom. The highest BCUT2D eigenvalue weighted by atomic mass is 32.2. The van der Waals surface area contributed by atoms with E-state index in [1.54, 1.807) is 49.1 Å². The first-order chi connectivity index (χ1) is 29.7. The molecule has 17 nitrogen and oxygen atoms in total. The number of nitriles is 1. The molecule has 3 amide bonds. The number of hydrogen-bond acceptors (Lipinski definition) is 12. The maximum atomic E-state index is 15.6. The van der Waals surface area contributed by atoms with Crippen molar-refractivity contribution in [1.29, 1.82) is 5.26 Å². The zero-order valence-electron chi connectivity index (χ0n) is 34.4. The van der Waals surface area contributed by atoms with Crippen molar-refractivity contribution in [2.24, 2.45) is 18.4 Å². The number of urea groups is 1. The number of carbonyl (C=O) groups excluding carboxylic acids is 2. The van der Waals surface area contributed by atoms with Gasteiger partial charge >= 0.3 is 16.2 Å². The number of nitrogens with one attached hydrogen (secondary N) is 2. The number of imide groups is 1. The SMILES string of the molecule is CCN(C)S(=O)(=O)Nc1ccc(F)c(Oc2ccc3ncc(OCC4CCN(C5CC6(C5)CN(c5cc7c(cc5F)c(N5CCC(=O)NC5=O)nn7C)C6)CC4)nc3c2)c1C#N. The van der Waals surface area contributed by atoms with Crippen LogP contribution in [0.15, 0.2) is 48.7 Å². The average Bonchev–Trinajstić information content (AvgIpc) is 3.53. The van der Waals surface area contributed by atoms with Gasteiger partial charge < -0.3 is 19.3 Å². The van der Waals surface area contributed by atoms with E-state index in [-0.39, 0.29) is 53.7 Å². The molecule has 5 aromatic rings. The second kappa shape index (κ2) is 15.9. The minimum atomic E-state index is -3.98. The van der Waals surface area contributed by atoms with Gasteiger partial charge in [-0.3, -0.25) is 24.4 Å². The van der Waals surface area contributed by atoms with Crippen molar-refractivity contribution >= 4 is 61.3 Å². The number of aromatic nitrogens is 4. The summed E-state index contributed by atoms with van der Waals surface area (Å²) in [7, 11) is -0.838. The Morgan fingerprint density at radius 3 is 2.55 bits per heavy atom. The highest BCUT2D eigenvalue weighted by Crippen LogP contribution is 2.52. The lowest BCUT2D eigenvalue weighted by Crippen LogP contribution is -2.67. The molecule has 20 heteroatoms. The van der Waals surface area contributed by atoms with Crippen molar-refractivity contribution in [1.82, 2.24) is 34.3 Å². The van der Waals surface area contributed by atoms with E-state index in [2.05, 4.69) is 34.9 Å². The monoisotopic (exact) mass is 869 g/mol. The number of fused-ring (bicyclic) bond motifs is 2. The summed E-state index contributed by atoms with van der Waals surface area (Å²) in [5, 5.41) is 17.2. The molecule has 3 aliphatic heterocycles. The molecule has 1 saturated carbocycles. The van der Waals surface area contributed by atoms with Crippen LogP contribution in [-0.4, -0.2) is 108 Å². The van der Waals surface area contributed by atoms with Crippen LogP contribution in [0.5, 0.6) is 17.4 Å². The maximum absolute atomic E-state index is 15.6. The van der Waals surface area contributed by atoms with Crippen molar-refractivity contribution in [3.63, 3.8) is 0 Å². The molecular formula is C42H45F2N11O6S. The Hall–Kier alpha value is -6.17. The van der Waals surface area contributed by atoms with E-state index < -0.39 is 27.8 Å². The molecule has 3 aromatic carbocycles. The van der Waals surface area contributed by atoms with Gasteiger partial charge in [-0.15, -0.1) is 0 Å². The van der Waals surface area contributed by atoms with Crippen molar-refractivity contribution in [2.45, 2.75) is 45.1 Å². The Morgan fingerprint density at radius 2 is 1.82 bits per heavy atom. The third-order valence-electron chi connectivity index (χ3n) is 12.6. The van der Waals surface area contributed by atoms with E-state index in [1.807, 2.05) is 6.07 Å². The number of hydrogen-bond donors (Lipinski definition) is 2. The number of likely N-dealkylation sites (tertiary alicyclic amines) is 1. The first kappa shape index (κ1) is 41.2.